The van der Waals surface area contributed by atoms with Crippen molar-refractivity contribution in [1.29, 1.82) is 0 Å². The number of rotatable bonds is 5. The monoisotopic (exact) mass is 311 g/mol. The van der Waals surface area contributed by atoms with E-state index in [-0.39, 0.29) is 5.54 Å². The highest BCUT2D eigenvalue weighted by atomic mass is 32.1. The lowest BCUT2D eigenvalue weighted by atomic mass is 10.1. The SMILES string of the molecule is CCCc1nc(N2CCOC(C)C2)sc1CNC(C)(C)C. The van der Waals surface area contributed by atoms with E-state index in [1.165, 1.54) is 15.7 Å². The smallest absolute Gasteiger partial charge is 0.185 e. The molecule has 120 valence electrons. The fourth-order valence-corrected chi connectivity index (χ4v) is 3.49. The average Bonchev–Trinajstić information content (AvgIpc) is 2.79. The first-order valence-electron chi connectivity index (χ1n) is 7.99. The van der Waals surface area contributed by atoms with E-state index < -0.39 is 0 Å². The fraction of sp³-hybridized carbons (Fsp3) is 0.812. The van der Waals surface area contributed by atoms with Gasteiger partial charge in [-0.1, -0.05) is 13.3 Å². The second kappa shape index (κ2) is 7.07. The predicted molar refractivity (Wildman–Crippen MR) is 90.3 cm³/mol. The fourth-order valence-electron chi connectivity index (χ4n) is 2.41. The van der Waals surface area contributed by atoms with Gasteiger partial charge in [-0.15, -0.1) is 11.3 Å². The Morgan fingerprint density at radius 3 is 2.81 bits per heavy atom. The number of anilines is 1. The van der Waals surface area contributed by atoms with Gasteiger partial charge in [0.2, 0.25) is 0 Å². The van der Waals surface area contributed by atoms with Gasteiger partial charge in [0.1, 0.15) is 0 Å². The average molecular weight is 311 g/mol. The maximum atomic E-state index is 5.63. The molecule has 1 N–H and O–H groups in total. The summed E-state index contributed by atoms with van der Waals surface area (Å²) in [5.41, 5.74) is 1.41. The minimum Gasteiger partial charge on any atom is -0.375 e. The minimum atomic E-state index is 0.140. The van der Waals surface area contributed by atoms with E-state index in [2.05, 4.69) is 44.8 Å². The lowest BCUT2D eigenvalue weighted by Gasteiger charge is -2.30. The molecule has 2 rings (SSSR count). The van der Waals surface area contributed by atoms with Crippen LogP contribution in [0.15, 0.2) is 0 Å². The lowest BCUT2D eigenvalue weighted by molar-refractivity contribution is 0.0532. The molecule has 0 saturated carbocycles. The van der Waals surface area contributed by atoms with Crippen molar-refractivity contribution in [1.82, 2.24) is 10.3 Å². The van der Waals surface area contributed by atoms with Crippen LogP contribution >= 0.6 is 11.3 Å². The van der Waals surface area contributed by atoms with E-state index in [1.807, 2.05) is 11.3 Å². The summed E-state index contributed by atoms with van der Waals surface area (Å²) >= 11 is 1.85. The molecule has 4 nitrogen and oxygen atoms in total. The molecule has 1 saturated heterocycles. The Morgan fingerprint density at radius 1 is 1.43 bits per heavy atom. The number of thiazole rings is 1. The number of hydrogen-bond donors (Lipinski definition) is 1. The second-order valence-corrected chi connectivity index (χ2v) is 7.91. The second-order valence-electron chi connectivity index (χ2n) is 6.85. The van der Waals surface area contributed by atoms with Crippen molar-refractivity contribution >= 4 is 16.5 Å². The highest BCUT2D eigenvalue weighted by Crippen LogP contribution is 2.29. The number of morpholine rings is 1. The zero-order valence-corrected chi connectivity index (χ0v) is 14.8. The molecule has 2 heterocycles. The summed E-state index contributed by atoms with van der Waals surface area (Å²) in [7, 11) is 0. The van der Waals surface area contributed by atoms with Gasteiger partial charge in [-0.05, 0) is 34.1 Å². The van der Waals surface area contributed by atoms with Gasteiger partial charge in [0.25, 0.3) is 0 Å². The largest absolute Gasteiger partial charge is 0.375 e. The number of aryl methyl sites for hydroxylation is 1. The zero-order valence-electron chi connectivity index (χ0n) is 14.0. The van der Waals surface area contributed by atoms with Gasteiger partial charge in [-0.25, -0.2) is 4.98 Å². The molecule has 1 aliphatic heterocycles. The van der Waals surface area contributed by atoms with Crippen LogP contribution in [0.4, 0.5) is 5.13 Å². The molecule has 0 radical (unpaired) electrons. The number of hydrogen-bond acceptors (Lipinski definition) is 5. The van der Waals surface area contributed by atoms with Gasteiger partial charge in [0, 0.05) is 30.1 Å². The van der Waals surface area contributed by atoms with E-state index in [0.717, 1.165) is 39.1 Å². The van der Waals surface area contributed by atoms with Gasteiger partial charge < -0.3 is 15.0 Å². The van der Waals surface area contributed by atoms with Gasteiger partial charge in [0.15, 0.2) is 5.13 Å². The van der Waals surface area contributed by atoms with E-state index >= 15 is 0 Å². The topological polar surface area (TPSA) is 37.4 Å². The maximum absolute atomic E-state index is 5.63. The van der Waals surface area contributed by atoms with Gasteiger partial charge >= 0.3 is 0 Å². The summed E-state index contributed by atoms with van der Waals surface area (Å²) in [6.45, 7) is 14.6. The highest BCUT2D eigenvalue weighted by molar-refractivity contribution is 7.15. The van der Waals surface area contributed by atoms with E-state index in [9.17, 15) is 0 Å². The van der Waals surface area contributed by atoms with Gasteiger partial charge in [-0.3, -0.25) is 0 Å². The van der Waals surface area contributed by atoms with Crippen molar-refractivity contribution in [3.8, 4) is 0 Å². The third kappa shape index (κ3) is 4.94. The number of ether oxygens (including phenoxy) is 1. The number of aromatic nitrogens is 1. The molecule has 0 aliphatic carbocycles. The summed E-state index contributed by atoms with van der Waals surface area (Å²) in [4.78, 5) is 8.67. The third-order valence-corrected chi connectivity index (χ3v) is 4.70. The van der Waals surface area contributed by atoms with Crippen LogP contribution in [0.2, 0.25) is 0 Å². The zero-order chi connectivity index (χ0) is 15.5. The first-order valence-corrected chi connectivity index (χ1v) is 8.81. The highest BCUT2D eigenvalue weighted by Gasteiger charge is 2.22. The molecule has 0 aromatic carbocycles. The molecule has 0 bridgehead atoms. The quantitative estimate of drug-likeness (QED) is 0.906. The van der Waals surface area contributed by atoms with Crippen LogP contribution < -0.4 is 10.2 Å². The first-order chi connectivity index (χ1) is 9.89. The van der Waals surface area contributed by atoms with E-state index in [0.29, 0.717) is 6.10 Å². The van der Waals surface area contributed by atoms with Crippen LogP contribution in [0.3, 0.4) is 0 Å². The van der Waals surface area contributed by atoms with Crippen LogP contribution in [0.1, 0.15) is 51.6 Å². The van der Waals surface area contributed by atoms with Crippen LogP contribution in [-0.2, 0) is 17.7 Å². The van der Waals surface area contributed by atoms with E-state index in [4.69, 9.17) is 9.72 Å². The third-order valence-electron chi connectivity index (χ3n) is 3.54. The van der Waals surface area contributed by atoms with Gasteiger partial charge in [0.05, 0.1) is 18.4 Å². The van der Waals surface area contributed by atoms with Crippen molar-refractivity contribution in [3.05, 3.63) is 10.6 Å². The summed E-state index contributed by atoms with van der Waals surface area (Å²) in [5.74, 6) is 0. The molecule has 1 aromatic rings. The summed E-state index contributed by atoms with van der Waals surface area (Å²) < 4.78 is 5.63. The van der Waals surface area contributed by atoms with Crippen molar-refractivity contribution in [2.45, 2.75) is 65.6 Å². The normalized spacial score (nSPS) is 20.0. The standard InChI is InChI=1S/C16H29N3OS/c1-6-7-13-14(10-17-16(3,4)5)21-15(18-13)19-8-9-20-12(2)11-19/h12,17H,6-11H2,1-5H3. The Hall–Kier alpha value is -0.650. The Morgan fingerprint density at radius 2 is 2.19 bits per heavy atom. The lowest BCUT2D eigenvalue weighted by Crippen LogP contribution is -2.41. The molecule has 1 aromatic heterocycles. The Labute approximate surface area is 132 Å². The van der Waals surface area contributed by atoms with Crippen molar-refractivity contribution in [2.75, 3.05) is 24.6 Å². The molecular formula is C16H29N3OS. The number of nitrogens with zero attached hydrogens (tertiary/aromatic N) is 2. The van der Waals surface area contributed by atoms with Crippen molar-refractivity contribution in [2.24, 2.45) is 0 Å². The minimum absolute atomic E-state index is 0.140. The summed E-state index contributed by atoms with van der Waals surface area (Å²) in [6.07, 6.45) is 2.51. The van der Waals surface area contributed by atoms with Gasteiger partial charge in [-0.2, -0.15) is 0 Å². The van der Waals surface area contributed by atoms with E-state index in [1.54, 1.807) is 0 Å². The molecule has 1 fully saturated rings. The predicted octanol–water partition coefficient (Wildman–Crippen LogP) is 3.21. The maximum Gasteiger partial charge on any atom is 0.185 e. The van der Waals surface area contributed by atoms with Crippen molar-refractivity contribution < 1.29 is 4.74 Å². The molecule has 1 unspecified atom stereocenters. The molecule has 0 spiro atoms. The van der Waals surface area contributed by atoms with Crippen molar-refractivity contribution in [3.63, 3.8) is 0 Å². The molecule has 1 aliphatic rings. The molecule has 5 heteroatoms. The number of nitrogens with one attached hydrogen (secondary N) is 1. The first kappa shape index (κ1) is 16.7. The van der Waals surface area contributed by atoms with Crippen LogP contribution in [0.25, 0.3) is 0 Å². The Kier molecular flexibility index (Phi) is 5.63. The molecular weight excluding hydrogens is 282 g/mol. The van der Waals surface area contributed by atoms with Crippen LogP contribution in [-0.4, -0.2) is 36.3 Å². The van der Waals surface area contributed by atoms with Crippen LogP contribution in [0, 0.1) is 0 Å². The Bertz CT molecular complexity index is 453. The molecule has 0 amide bonds. The molecule has 21 heavy (non-hydrogen) atoms. The summed E-state index contributed by atoms with van der Waals surface area (Å²) in [6, 6.07) is 0. The Balaban J connectivity index is 2.12. The van der Waals surface area contributed by atoms with Crippen LogP contribution in [0.5, 0.6) is 0 Å². The summed E-state index contributed by atoms with van der Waals surface area (Å²) in [5, 5.41) is 4.76. The molecule has 1 atom stereocenters.